The molecule has 0 amide bonds. The molecule has 2 heterocycles. The summed E-state index contributed by atoms with van der Waals surface area (Å²) in [5.41, 5.74) is 2.27. The zero-order valence-corrected chi connectivity index (χ0v) is 11.6. The van der Waals surface area contributed by atoms with Gasteiger partial charge in [-0.15, -0.1) is 0 Å². The molecular formula is C15H21N3O2. The summed E-state index contributed by atoms with van der Waals surface area (Å²) in [6, 6.07) is 6.20. The van der Waals surface area contributed by atoms with Crippen LogP contribution in [0.3, 0.4) is 0 Å². The highest BCUT2D eigenvalue weighted by Crippen LogP contribution is 2.29. The highest BCUT2D eigenvalue weighted by Gasteiger charge is 2.31. The number of aromatic nitrogens is 2. The van der Waals surface area contributed by atoms with Gasteiger partial charge in [0.15, 0.2) is 0 Å². The number of para-hydroxylation sites is 1. The van der Waals surface area contributed by atoms with Gasteiger partial charge < -0.3 is 15.2 Å². The number of aromatic amines is 1. The molecule has 1 aliphatic heterocycles. The first-order valence-corrected chi connectivity index (χ1v) is 7.13. The summed E-state index contributed by atoms with van der Waals surface area (Å²) in [5, 5.41) is 21.4. The number of aliphatic hydroxyl groups is 1. The average molecular weight is 275 g/mol. The number of aliphatic hydroxyl groups excluding tert-OH is 1. The van der Waals surface area contributed by atoms with Crippen LogP contribution in [0.25, 0.3) is 10.9 Å². The maximum Gasteiger partial charge on any atom is 0.0695 e. The quantitative estimate of drug-likeness (QED) is 0.772. The Hall–Kier alpha value is -1.43. The molecule has 5 nitrogen and oxygen atoms in total. The lowest BCUT2D eigenvalue weighted by atomic mass is 9.81. The number of fused-ring (bicyclic) bond motifs is 1. The van der Waals surface area contributed by atoms with Crippen LogP contribution in [0.15, 0.2) is 24.4 Å². The molecule has 0 bridgehead atoms. The predicted molar refractivity (Wildman–Crippen MR) is 77.4 cm³/mol. The average Bonchev–Trinajstić information content (AvgIpc) is 2.98. The highest BCUT2D eigenvalue weighted by atomic mass is 16.5. The molecule has 3 N–H and O–H groups in total. The van der Waals surface area contributed by atoms with E-state index < -0.39 is 0 Å². The molecule has 0 aliphatic carbocycles. The topological polar surface area (TPSA) is 70.2 Å². The molecule has 0 saturated carbocycles. The van der Waals surface area contributed by atoms with Crippen LogP contribution in [0.2, 0.25) is 0 Å². The number of hydrogen-bond acceptors (Lipinski definition) is 4. The maximum absolute atomic E-state index is 9.67. The van der Waals surface area contributed by atoms with E-state index in [1.807, 2.05) is 12.3 Å². The first-order valence-electron chi connectivity index (χ1n) is 7.13. The lowest BCUT2D eigenvalue weighted by molar-refractivity contribution is -0.0154. The first kappa shape index (κ1) is 13.5. The van der Waals surface area contributed by atoms with E-state index in [1.165, 1.54) is 5.56 Å². The second-order valence-electron chi connectivity index (χ2n) is 5.63. The van der Waals surface area contributed by atoms with Gasteiger partial charge in [0, 0.05) is 37.1 Å². The van der Waals surface area contributed by atoms with Crippen molar-refractivity contribution in [1.82, 2.24) is 15.5 Å². The van der Waals surface area contributed by atoms with Crippen LogP contribution >= 0.6 is 0 Å². The monoisotopic (exact) mass is 275 g/mol. The van der Waals surface area contributed by atoms with Crippen molar-refractivity contribution in [1.29, 1.82) is 0 Å². The van der Waals surface area contributed by atoms with Crippen molar-refractivity contribution in [2.24, 2.45) is 5.41 Å². The van der Waals surface area contributed by atoms with Crippen molar-refractivity contribution in [2.45, 2.75) is 19.4 Å². The van der Waals surface area contributed by atoms with E-state index in [0.29, 0.717) is 0 Å². The van der Waals surface area contributed by atoms with Gasteiger partial charge in [-0.1, -0.05) is 18.2 Å². The molecule has 2 aromatic rings. The van der Waals surface area contributed by atoms with E-state index in [-0.39, 0.29) is 12.0 Å². The summed E-state index contributed by atoms with van der Waals surface area (Å²) < 4.78 is 5.39. The van der Waals surface area contributed by atoms with Gasteiger partial charge in [-0.05, 0) is 18.4 Å². The molecule has 0 radical (unpaired) electrons. The van der Waals surface area contributed by atoms with Gasteiger partial charge in [-0.2, -0.15) is 5.10 Å². The minimum Gasteiger partial charge on any atom is -0.396 e. The molecule has 20 heavy (non-hydrogen) atoms. The minimum atomic E-state index is -0.0276. The largest absolute Gasteiger partial charge is 0.396 e. The number of nitrogens with one attached hydrogen (secondary N) is 2. The summed E-state index contributed by atoms with van der Waals surface area (Å²) in [4.78, 5) is 0. The molecule has 1 fully saturated rings. The number of hydrogen-bond donors (Lipinski definition) is 3. The molecule has 3 rings (SSSR count). The van der Waals surface area contributed by atoms with Gasteiger partial charge in [-0.25, -0.2) is 0 Å². The van der Waals surface area contributed by atoms with E-state index in [1.54, 1.807) is 0 Å². The van der Waals surface area contributed by atoms with E-state index in [0.717, 1.165) is 50.0 Å². The second-order valence-corrected chi connectivity index (χ2v) is 5.63. The van der Waals surface area contributed by atoms with E-state index in [4.69, 9.17) is 4.74 Å². The van der Waals surface area contributed by atoms with Gasteiger partial charge in [0.05, 0.1) is 18.3 Å². The van der Waals surface area contributed by atoms with Gasteiger partial charge in [0.2, 0.25) is 0 Å². The summed E-state index contributed by atoms with van der Waals surface area (Å²) >= 11 is 0. The van der Waals surface area contributed by atoms with Crippen molar-refractivity contribution in [3.05, 3.63) is 30.0 Å². The molecule has 1 saturated heterocycles. The van der Waals surface area contributed by atoms with Crippen LogP contribution in [0, 0.1) is 5.41 Å². The van der Waals surface area contributed by atoms with Crippen LogP contribution in [-0.2, 0) is 11.3 Å². The Morgan fingerprint density at radius 2 is 2.20 bits per heavy atom. The van der Waals surface area contributed by atoms with Crippen molar-refractivity contribution < 1.29 is 9.84 Å². The zero-order chi connectivity index (χ0) is 13.8. The van der Waals surface area contributed by atoms with Crippen molar-refractivity contribution in [2.75, 3.05) is 26.4 Å². The fourth-order valence-electron chi connectivity index (χ4n) is 2.84. The Labute approximate surface area is 118 Å². The lowest BCUT2D eigenvalue weighted by Crippen LogP contribution is -2.41. The summed E-state index contributed by atoms with van der Waals surface area (Å²) in [5.74, 6) is 0. The lowest BCUT2D eigenvalue weighted by Gasteiger charge is -2.35. The van der Waals surface area contributed by atoms with Crippen LogP contribution in [0.5, 0.6) is 0 Å². The van der Waals surface area contributed by atoms with Crippen LogP contribution < -0.4 is 5.32 Å². The smallest absolute Gasteiger partial charge is 0.0695 e. The van der Waals surface area contributed by atoms with Crippen LogP contribution in [-0.4, -0.2) is 41.7 Å². The fourth-order valence-corrected chi connectivity index (χ4v) is 2.84. The number of H-pyrrole nitrogens is 1. The third kappa shape index (κ3) is 2.70. The molecule has 0 unspecified atom stereocenters. The van der Waals surface area contributed by atoms with Gasteiger partial charge in [0.1, 0.15) is 0 Å². The van der Waals surface area contributed by atoms with Gasteiger partial charge in [-0.3, -0.25) is 5.10 Å². The summed E-state index contributed by atoms with van der Waals surface area (Å²) in [6.07, 6.45) is 3.68. The first-order chi connectivity index (χ1) is 9.83. The number of benzene rings is 1. The van der Waals surface area contributed by atoms with Crippen LogP contribution in [0.1, 0.15) is 18.4 Å². The molecule has 1 aromatic heterocycles. The Kier molecular flexibility index (Phi) is 4.00. The molecule has 1 aliphatic rings. The summed E-state index contributed by atoms with van der Waals surface area (Å²) in [7, 11) is 0. The van der Waals surface area contributed by atoms with E-state index in [9.17, 15) is 5.11 Å². The van der Waals surface area contributed by atoms with Crippen molar-refractivity contribution >= 4 is 10.9 Å². The molecule has 5 heteroatoms. The molecule has 108 valence electrons. The molecule has 1 aromatic carbocycles. The van der Waals surface area contributed by atoms with Gasteiger partial charge >= 0.3 is 0 Å². The van der Waals surface area contributed by atoms with E-state index in [2.05, 4.69) is 27.6 Å². The summed E-state index contributed by atoms with van der Waals surface area (Å²) in [6.45, 7) is 3.31. The minimum absolute atomic E-state index is 0.0276. The Morgan fingerprint density at radius 1 is 1.35 bits per heavy atom. The zero-order valence-electron chi connectivity index (χ0n) is 11.6. The highest BCUT2D eigenvalue weighted by molar-refractivity contribution is 5.81. The Morgan fingerprint density at radius 3 is 3.00 bits per heavy atom. The number of ether oxygens (including phenoxy) is 1. The van der Waals surface area contributed by atoms with Crippen molar-refractivity contribution in [3.63, 3.8) is 0 Å². The van der Waals surface area contributed by atoms with Crippen molar-refractivity contribution in [3.8, 4) is 0 Å². The molecular weight excluding hydrogens is 254 g/mol. The normalized spacial score (nSPS) is 18.4. The predicted octanol–water partition coefficient (Wildman–Crippen LogP) is 1.44. The van der Waals surface area contributed by atoms with E-state index >= 15 is 0 Å². The molecule has 0 spiro atoms. The second kappa shape index (κ2) is 5.91. The van der Waals surface area contributed by atoms with Crippen LogP contribution in [0.4, 0.5) is 0 Å². The standard InChI is InChI=1S/C15H21N3O2/c19-11-15(4-6-20-7-5-15)10-16-8-12-2-1-3-13-9-17-18-14(12)13/h1-3,9,16,19H,4-8,10-11H2,(H,17,18). The Balaban J connectivity index is 1.63. The third-order valence-corrected chi connectivity index (χ3v) is 4.27. The Bertz CT molecular complexity index is 561. The van der Waals surface area contributed by atoms with Gasteiger partial charge in [0.25, 0.3) is 0 Å². The fraction of sp³-hybridized carbons (Fsp3) is 0.533. The maximum atomic E-state index is 9.67. The SMILES string of the molecule is OCC1(CNCc2cccc3cn[nH]c23)CCOCC1. The molecule has 0 atom stereocenters. The third-order valence-electron chi connectivity index (χ3n) is 4.27. The number of rotatable bonds is 5. The number of nitrogens with zero attached hydrogens (tertiary/aromatic N) is 1.